The maximum atomic E-state index is 12.4. The topological polar surface area (TPSA) is 92.2 Å². The Morgan fingerprint density at radius 1 is 0.963 bits per heavy atom. The molecular weight excluding hydrogens is 362 g/mol. The molecule has 0 bridgehead atoms. The van der Waals surface area contributed by atoms with Crippen molar-refractivity contribution in [3.63, 3.8) is 0 Å². The van der Waals surface area contributed by atoms with Gasteiger partial charge in [0.15, 0.2) is 0 Å². The van der Waals surface area contributed by atoms with Gasteiger partial charge in [-0.25, -0.2) is 4.79 Å². The quantitative estimate of drug-likeness (QED) is 0.696. The number of hydrogen-bond acceptors (Lipinski definition) is 5. The van der Waals surface area contributed by atoms with Crippen molar-refractivity contribution in [2.24, 2.45) is 0 Å². The van der Waals surface area contributed by atoms with E-state index in [1.807, 2.05) is 12.1 Å². The summed E-state index contributed by atoms with van der Waals surface area (Å²) in [4.78, 5) is 23.7. The van der Waals surface area contributed by atoms with Crippen LogP contribution in [0.15, 0.2) is 48.5 Å². The summed E-state index contributed by atoms with van der Waals surface area (Å²) in [5.41, 5.74) is 2.21. The van der Waals surface area contributed by atoms with Gasteiger partial charge in [-0.2, -0.15) is 0 Å². The largest absolute Gasteiger partial charge is 0.478 e. The van der Waals surface area contributed by atoms with Crippen LogP contribution in [0, 0.1) is 0 Å². The zero-order valence-corrected chi connectivity index (χ0v) is 16.0. The number of nitrogens with zero attached hydrogens (tertiary/aromatic N) is 2. The number of aromatic nitrogens is 2. The van der Waals surface area contributed by atoms with Crippen LogP contribution in [0.3, 0.4) is 0 Å². The van der Waals surface area contributed by atoms with E-state index >= 15 is 0 Å². The molecule has 0 aliphatic rings. The minimum absolute atomic E-state index is 0.0579. The van der Waals surface area contributed by atoms with E-state index in [0.29, 0.717) is 10.1 Å². The highest BCUT2D eigenvalue weighted by Gasteiger charge is 2.18. The molecule has 6 nitrogen and oxygen atoms in total. The Balaban J connectivity index is 1.79. The lowest BCUT2D eigenvalue weighted by atomic mass is 9.87. The van der Waals surface area contributed by atoms with E-state index in [9.17, 15) is 14.7 Å². The summed E-state index contributed by atoms with van der Waals surface area (Å²) in [5.74, 6) is -1.68. The number of nitrogens with one attached hydrogen (secondary N) is 1. The second-order valence-electron chi connectivity index (χ2n) is 7.04. The lowest BCUT2D eigenvalue weighted by Gasteiger charge is -2.18. The lowest BCUT2D eigenvalue weighted by Crippen LogP contribution is -2.16. The van der Waals surface area contributed by atoms with Crippen molar-refractivity contribution < 1.29 is 14.7 Å². The number of carboxylic acids is 1. The van der Waals surface area contributed by atoms with Crippen LogP contribution in [-0.2, 0) is 5.41 Å². The van der Waals surface area contributed by atoms with Crippen LogP contribution in [0.4, 0.5) is 5.13 Å². The Hall–Kier alpha value is -3.06. The van der Waals surface area contributed by atoms with Gasteiger partial charge >= 0.3 is 5.97 Å². The number of hydrogen-bond donors (Lipinski definition) is 2. The first-order valence-corrected chi connectivity index (χ1v) is 9.15. The number of benzene rings is 2. The summed E-state index contributed by atoms with van der Waals surface area (Å²) in [5, 5.41) is 20.9. The Labute approximate surface area is 160 Å². The Morgan fingerprint density at radius 3 is 2.19 bits per heavy atom. The summed E-state index contributed by atoms with van der Waals surface area (Å²) < 4.78 is 0. The average Bonchev–Trinajstić information content (AvgIpc) is 3.09. The van der Waals surface area contributed by atoms with Crippen LogP contribution in [0.2, 0.25) is 0 Å². The highest BCUT2D eigenvalue weighted by atomic mass is 32.1. The third-order valence-electron chi connectivity index (χ3n) is 4.05. The number of carbonyl (C=O) groups excluding carboxylic acids is 1. The van der Waals surface area contributed by atoms with E-state index in [0.717, 1.165) is 5.56 Å². The number of carbonyl (C=O) groups is 2. The molecule has 138 valence electrons. The zero-order chi connectivity index (χ0) is 19.6. The van der Waals surface area contributed by atoms with Gasteiger partial charge in [0, 0.05) is 5.56 Å². The minimum Gasteiger partial charge on any atom is -0.478 e. The molecule has 1 amide bonds. The molecule has 1 heterocycles. The first-order chi connectivity index (χ1) is 12.8. The fourth-order valence-corrected chi connectivity index (χ4v) is 3.28. The van der Waals surface area contributed by atoms with Crippen LogP contribution in [0.25, 0.3) is 10.6 Å². The van der Waals surface area contributed by atoms with E-state index in [-0.39, 0.29) is 16.5 Å². The van der Waals surface area contributed by atoms with Crippen LogP contribution in [0.5, 0.6) is 0 Å². The molecule has 7 heteroatoms. The summed E-state index contributed by atoms with van der Waals surface area (Å²) in [6, 6.07) is 14.1. The number of rotatable bonds is 4. The van der Waals surface area contributed by atoms with Gasteiger partial charge in [0.05, 0.1) is 11.1 Å². The van der Waals surface area contributed by atoms with E-state index in [4.69, 9.17) is 0 Å². The SMILES string of the molecule is CC(C)(C)c1ccc(-c2nnc(NC(=O)c3ccccc3C(=O)O)s2)cc1. The molecule has 0 unspecified atom stereocenters. The highest BCUT2D eigenvalue weighted by Crippen LogP contribution is 2.29. The average molecular weight is 381 g/mol. The standard InChI is InChI=1S/C20H19N3O3S/c1-20(2,3)13-10-8-12(9-11-13)17-22-23-19(27-17)21-16(24)14-6-4-5-7-15(14)18(25)26/h4-11H,1-3H3,(H,25,26)(H,21,23,24). The third kappa shape index (κ3) is 4.20. The fraction of sp³-hybridized carbons (Fsp3) is 0.200. The third-order valence-corrected chi connectivity index (χ3v) is 4.93. The van der Waals surface area contributed by atoms with Crippen LogP contribution in [0.1, 0.15) is 47.1 Å². The molecule has 1 aromatic heterocycles. The van der Waals surface area contributed by atoms with Crippen LogP contribution < -0.4 is 5.32 Å². The predicted octanol–water partition coefficient (Wildman–Crippen LogP) is 4.45. The van der Waals surface area contributed by atoms with E-state index in [2.05, 4.69) is 48.4 Å². The maximum Gasteiger partial charge on any atom is 0.336 e. The van der Waals surface area contributed by atoms with Crippen molar-refractivity contribution in [3.8, 4) is 10.6 Å². The molecule has 0 aliphatic heterocycles. The molecule has 0 spiro atoms. The van der Waals surface area contributed by atoms with Crippen molar-refractivity contribution in [1.29, 1.82) is 0 Å². The summed E-state index contributed by atoms with van der Waals surface area (Å²) in [6.07, 6.45) is 0. The molecule has 0 atom stereocenters. The monoisotopic (exact) mass is 381 g/mol. The van der Waals surface area contributed by atoms with Gasteiger partial charge in [0.2, 0.25) is 5.13 Å². The van der Waals surface area contributed by atoms with Gasteiger partial charge in [-0.05, 0) is 23.1 Å². The molecule has 3 rings (SSSR count). The molecule has 0 aliphatic carbocycles. The summed E-state index contributed by atoms with van der Waals surface area (Å²) in [6.45, 7) is 6.45. The molecule has 0 radical (unpaired) electrons. The molecule has 2 aromatic carbocycles. The number of amides is 1. The second kappa shape index (κ2) is 7.28. The molecule has 3 aromatic rings. The molecule has 0 saturated carbocycles. The zero-order valence-electron chi connectivity index (χ0n) is 15.2. The van der Waals surface area contributed by atoms with Crippen molar-refractivity contribution >= 4 is 28.3 Å². The van der Waals surface area contributed by atoms with Crippen molar-refractivity contribution in [1.82, 2.24) is 10.2 Å². The molecule has 27 heavy (non-hydrogen) atoms. The lowest BCUT2D eigenvalue weighted by molar-refractivity contribution is 0.0692. The normalized spacial score (nSPS) is 11.2. The molecule has 2 N–H and O–H groups in total. The van der Waals surface area contributed by atoms with Crippen molar-refractivity contribution in [2.45, 2.75) is 26.2 Å². The number of anilines is 1. The first-order valence-electron chi connectivity index (χ1n) is 8.34. The summed E-state index contributed by atoms with van der Waals surface area (Å²) in [7, 11) is 0. The first kappa shape index (κ1) is 18.7. The van der Waals surface area contributed by atoms with Crippen molar-refractivity contribution in [3.05, 3.63) is 65.2 Å². The second-order valence-corrected chi connectivity index (χ2v) is 8.02. The smallest absolute Gasteiger partial charge is 0.336 e. The van der Waals surface area contributed by atoms with E-state index < -0.39 is 11.9 Å². The van der Waals surface area contributed by atoms with Crippen molar-refractivity contribution in [2.75, 3.05) is 5.32 Å². The molecular formula is C20H19N3O3S. The maximum absolute atomic E-state index is 12.4. The summed E-state index contributed by atoms with van der Waals surface area (Å²) >= 11 is 1.23. The van der Waals surface area contributed by atoms with E-state index in [1.54, 1.807) is 12.1 Å². The molecule has 0 fully saturated rings. The Morgan fingerprint density at radius 2 is 1.59 bits per heavy atom. The van der Waals surface area contributed by atoms with Gasteiger partial charge in [0.25, 0.3) is 5.91 Å². The van der Waals surface area contributed by atoms with Gasteiger partial charge in [-0.15, -0.1) is 10.2 Å². The number of carboxylic acid groups (broad SMARTS) is 1. The van der Waals surface area contributed by atoms with Crippen LogP contribution in [-0.4, -0.2) is 27.2 Å². The Bertz CT molecular complexity index is 988. The number of aromatic carboxylic acids is 1. The Kier molecular flexibility index (Phi) is 5.05. The van der Waals surface area contributed by atoms with E-state index in [1.165, 1.54) is 29.0 Å². The van der Waals surface area contributed by atoms with Gasteiger partial charge in [-0.1, -0.05) is 68.5 Å². The van der Waals surface area contributed by atoms with Crippen LogP contribution >= 0.6 is 11.3 Å². The fourth-order valence-electron chi connectivity index (χ4n) is 2.54. The van der Waals surface area contributed by atoms with Gasteiger partial charge in [0.1, 0.15) is 5.01 Å². The highest BCUT2D eigenvalue weighted by molar-refractivity contribution is 7.18. The van der Waals surface area contributed by atoms with Gasteiger partial charge in [-0.3, -0.25) is 10.1 Å². The minimum atomic E-state index is -1.15. The predicted molar refractivity (Wildman–Crippen MR) is 105 cm³/mol. The molecule has 0 saturated heterocycles. The van der Waals surface area contributed by atoms with Gasteiger partial charge < -0.3 is 5.11 Å².